The molecule has 0 aliphatic rings. The first-order chi connectivity index (χ1) is 12.5. The molecule has 0 aliphatic heterocycles. The topological polar surface area (TPSA) is 118 Å². The van der Waals surface area contributed by atoms with Crippen LogP contribution in [0.25, 0.3) is 0 Å². The van der Waals surface area contributed by atoms with Gasteiger partial charge >= 0.3 is 0 Å². The van der Waals surface area contributed by atoms with Gasteiger partial charge in [-0.3, -0.25) is 20.6 Å². The molecule has 1 aromatic carbocycles. The van der Waals surface area contributed by atoms with Gasteiger partial charge in [-0.05, 0) is 49.2 Å². The number of carbonyl (C=O) groups is 1. The Balaban J connectivity index is 1.72. The molecule has 3 aromatic rings. The first-order valence-electron chi connectivity index (χ1n) is 7.96. The monoisotopic (exact) mass is 349 g/mol. The lowest BCUT2D eigenvalue weighted by atomic mass is 10.1. The average molecular weight is 349 g/mol. The van der Waals surface area contributed by atoms with Gasteiger partial charge in [0.05, 0.1) is 0 Å². The van der Waals surface area contributed by atoms with Crippen molar-refractivity contribution >= 4 is 28.9 Å². The van der Waals surface area contributed by atoms with E-state index < -0.39 is 5.91 Å². The zero-order valence-electron chi connectivity index (χ0n) is 14.4. The summed E-state index contributed by atoms with van der Waals surface area (Å²) >= 11 is 0. The Kier molecular flexibility index (Phi) is 4.93. The fourth-order valence-corrected chi connectivity index (χ4v) is 2.23. The molecule has 2 heterocycles. The molecular formula is C18H19N7O. The number of nitrogen functional groups attached to an aromatic ring is 1. The molecule has 5 N–H and O–H groups in total. The lowest BCUT2D eigenvalue weighted by molar-refractivity contribution is 0.0957. The Bertz CT molecular complexity index is 928. The van der Waals surface area contributed by atoms with Crippen LogP contribution in [0.1, 0.15) is 21.6 Å². The zero-order valence-corrected chi connectivity index (χ0v) is 14.4. The highest BCUT2D eigenvalue weighted by Gasteiger charge is 2.11. The second kappa shape index (κ2) is 7.47. The van der Waals surface area contributed by atoms with Crippen molar-refractivity contribution in [2.45, 2.75) is 13.8 Å². The van der Waals surface area contributed by atoms with Crippen LogP contribution in [0.2, 0.25) is 0 Å². The quantitative estimate of drug-likeness (QED) is 0.523. The van der Waals surface area contributed by atoms with Crippen molar-refractivity contribution in [1.29, 1.82) is 0 Å². The number of aryl methyl sites for hydroxylation is 2. The maximum Gasteiger partial charge on any atom is 0.288 e. The van der Waals surface area contributed by atoms with Crippen LogP contribution in [0.4, 0.5) is 23.0 Å². The number of aromatic nitrogens is 3. The second-order valence-corrected chi connectivity index (χ2v) is 5.70. The third-order valence-corrected chi connectivity index (χ3v) is 3.85. The lowest BCUT2D eigenvalue weighted by Crippen LogP contribution is -2.31. The predicted octanol–water partition coefficient (Wildman–Crippen LogP) is 2.57. The molecule has 132 valence electrons. The van der Waals surface area contributed by atoms with Crippen LogP contribution in [0.15, 0.2) is 48.9 Å². The normalized spacial score (nSPS) is 10.2. The molecule has 26 heavy (non-hydrogen) atoms. The summed E-state index contributed by atoms with van der Waals surface area (Å²) < 4.78 is 0. The number of pyridine rings is 1. The summed E-state index contributed by atoms with van der Waals surface area (Å²) in [5.41, 5.74) is 15.1. The maximum absolute atomic E-state index is 12.0. The molecule has 0 spiro atoms. The predicted molar refractivity (Wildman–Crippen MR) is 101 cm³/mol. The number of hydrazine groups is 1. The van der Waals surface area contributed by atoms with Gasteiger partial charge in [0.15, 0.2) is 11.6 Å². The highest BCUT2D eigenvalue weighted by Crippen LogP contribution is 2.26. The minimum absolute atomic E-state index is 0.279. The van der Waals surface area contributed by atoms with Gasteiger partial charge in [0.25, 0.3) is 5.91 Å². The smallest absolute Gasteiger partial charge is 0.288 e. The van der Waals surface area contributed by atoms with Crippen LogP contribution in [0, 0.1) is 13.8 Å². The number of carbonyl (C=O) groups excluding carboxylic acids is 1. The van der Waals surface area contributed by atoms with E-state index in [1.54, 1.807) is 24.4 Å². The van der Waals surface area contributed by atoms with Gasteiger partial charge < -0.3 is 11.1 Å². The molecule has 0 bridgehead atoms. The van der Waals surface area contributed by atoms with Crippen molar-refractivity contribution in [3.63, 3.8) is 0 Å². The van der Waals surface area contributed by atoms with E-state index in [0.29, 0.717) is 5.82 Å². The van der Waals surface area contributed by atoms with Crippen molar-refractivity contribution in [1.82, 2.24) is 20.4 Å². The molecule has 0 atom stereocenters. The number of nitrogens with one attached hydrogen (secondary N) is 3. The zero-order chi connectivity index (χ0) is 18.5. The van der Waals surface area contributed by atoms with Crippen LogP contribution in [0.3, 0.4) is 0 Å². The van der Waals surface area contributed by atoms with Crippen molar-refractivity contribution in [2.75, 3.05) is 16.5 Å². The fourth-order valence-electron chi connectivity index (χ4n) is 2.23. The molecule has 0 aliphatic carbocycles. The van der Waals surface area contributed by atoms with Crippen molar-refractivity contribution in [3.05, 3.63) is 65.7 Å². The minimum atomic E-state index is -0.396. The largest absolute Gasteiger partial charge is 0.393 e. The van der Waals surface area contributed by atoms with Gasteiger partial charge in [0.2, 0.25) is 0 Å². The van der Waals surface area contributed by atoms with E-state index in [1.165, 1.54) is 11.9 Å². The second-order valence-electron chi connectivity index (χ2n) is 5.70. The van der Waals surface area contributed by atoms with E-state index >= 15 is 0 Å². The standard InChI is InChI=1S/C18H19N7O/c1-11-6-7-13(9-12(11)2)23-16-15(19)17(22-10-21-16)24-25-18(26)14-5-3-4-8-20-14/h3-10H,19H2,1-2H3,(H,25,26)(H2,21,22,23,24). The third kappa shape index (κ3) is 3.86. The number of nitrogens with zero attached hydrogens (tertiary/aromatic N) is 3. The Hall–Kier alpha value is -3.68. The summed E-state index contributed by atoms with van der Waals surface area (Å²) in [6, 6.07) is 11.0. The number of anilines is 4. The summed E-state index contributed by atoms with van der Waals surface area (Å²) in [5.74, 6) is 0.334. The Morgan fingerprint density at radius 2 is 1.81 bits per heavy atom. The molecule has 8 heteroatoms. The molecule has 0 radical (unpaired) electrons. The maximum atomic E-state index is 12.0. The third-order valence-electron chi connectivity index (χ3n) is 3.85. The van der Waals surface area contributed by atoms with Crippen LogP contribution in [-0.4, -0.2) is 20.9 Å². The lowest BCUT2D eigenvalue weighted by Gasteiger charge is -2.13. The van der Waals surface area contributed by atoms with Crippen molar-refractivity contribution in [2.24, 2.45) is 0 Å². The highest BCUT2D eigenvalue weighted by molar-refractivity contribution is 5.93. The summed E-state index contributed by atoms with van der Waals surface area (Å²) in [6.45, 7) is 4.08. The van der Waals surface area contributed by atoms with Crippen LogP contribution in [0.5, 0.6) is 0 Å². The van der Waals surface area contributed by atoms with E-state index in [2.05, 4.69) is 31.1 Å². The van der Waals surface area contributed by atoms with Crippen LogP contribution >= 0.6 is 0 Å². The molecule has 1 amide bonds. The molecule has 0 saturated heterocycles. The Morgan fingerprint density at radius 3 is 2.54 bits per heavy atom. The number of hydrogen-bond donors (Lipinski definition) is 4. The van der Waals surface area contributed by atoms with Crippen LogP contribution < -0.4 is 21.9 Å². The SMILES string of the molecule is Cc1ccc(Nc2ncnc(NNC(=O)c3ccccn3)c2N)cc1C. The summed E-state index contributed by atoms with van der Waals surface area (Å²) in [7, 11) is 0. The van der Waals surface area contributed by atoms with Gasteiger partial charge in [-0.25, -0.2) is 9.97 Å². The highest BCUT2D eigenvalue weighted by atomic mass is 16.2. The number of hydrogen-bond acceptors (Lipinski definition) is 7. The first-order valence-corrected chi connectivity index (χ1v) is 7.96. The van der Waals surface area contributed by atoms with Gasteiger partial charge in [-0.1, -0.05) is 12.1 Å². The molecule has 0 fully saturated rings. The molecule has 2 aromatic heterocycles. The van der Waals surface area contributed by atoms with E-state index in [1.807, 2.05) is 32.0 Å². The summed E-state index contributed by atoms with van der Waals surface area (Å²) in [5, 5.41) is 3.16. The molecule has 0 saturated carbocycles. The number of benzene rings is 1. The van der Waals surface area contributed by atoms with E-state index in [0.717, 1.165) is 11.3 Å². The number of rotatable bonds is 5. The Labute approximate surface area is 150 Å². The van der Waals surface area contributed by atoms with Crippen LogP contribution in [-0.2, 0) is 0 Å². The molecule has 3 rings (SSSR count). The van der Waals surface area contributed by atoms with E-state index in [9.17, 15) is 4.79 Å². The molecule has 0 unspecified atom stereocenters. The molecule has 8 nitrogen and oxygen atoms in total. The summed E-state index contributed by atoms with van der Waals surface area (Å²) in [4.78, 5) is 24.2. The van der Waals surface area contributed by atoms with E-state index in [4.69, 9.17) is 5.73 Å². The fraction of sp³-hybridized carbons (Fsp3) is 0.111. The van der Waals surface area contributed by atoms with Gasteiger partial charge in [0, 0.05) is 11.9 Å². The minimum Gasteiger partial charge on any atom is -0.393 e. The van der Waals surface area contributed by atoms with Gasteiger partial charge in [0.1, 0.15) is 17.7 Å². The van der Waals surface area contributed by atoms with Crippen molar-refractivity contribution in [3.8, 4) is 0 Å². The Morgan fingerprint density at radius 1 is 1.00 bits per heavy atom. The molecular weight excluding hydrogens is 330 g/mol. The average Bonchev–Trinajstić information content (AvgIpc) is 2.66. The summed E-state index contributed by atoms with van der Waals surface area (Å²) in [6.07, 6.45) is 2.90. The van der Waals surface area contributed by atoms with Gasteiger partial charge in [-0.2, -0.15) is 0 Å². The number of amides is 1. The first kappa shape index (κ1) is 17.2. The van der Waals surface area contributed by atoms with Gasteiger partial charge in [-0.15, -0.1) is 0 Å². The van der Waals surface area contributed by atoms with Crippen molar-refractivity contribution < 1.29 is 4.79 Å². The van der Waals surface area contributed by atoms with E-state index in [-0.39, 0.29) is 17.2 Å². The number of nitrogens with two attached hydrogens (primary N) is 1.